The van der Waals surface area contributed by atoms with E-state index in [0.717, 1.165) is 44.6 Å². The van der Waals surface area contributed by atoms with Crippen LogP contribution in [0.4, 0.5) is 0 Å². The van der Waals surface area contributed by atoms with Gasteiger partial charge in [0.15, 0.2) is 0 Å². The molecule has 0 spiro atoms. The zero-order valence-corrected chi connectivity index (χ0v) is 9.91. The summed E-state index contributed by atoms with van der Waals surface area (Å²) in [5.41, 5.74) is -0.829. The first-order chi connectivity index (χ1) is 7.70. The van der Waals surface area contributed by atoms with Gasteiger partial charge in [-0.05, 0) is 51.0 Å². The number of hydrogen-bond donors (Lipinski definition) is 3. The average molecular weight is 225 g/mol. The number of aliphatic hydroxyl groups is 2. The van der Waals surface area contributed by atoms with Crippen LogP contribution in [0.15, 0.2) is 0 Å². The summed E-state index contributed by atoms with van der Waals surface area (Å²) >= 11 is 0. The summed E-state index contributed by atoms with van der Waals surface area (Å²) in [7, 11) is 0. The minimum absolute atomic E-state index is 0.159. The second-order valence-corrected chi connectivity index (χ2v) is 6.15. The van der Waals surface area contributed by atoms with E-state index in [0.29, 0.717) is 0 Å². The first kappa shape index (κ1) is 11.0. The van der Waals surface area contributed by atoms with Crippen molar-refractivity contribution < 1.29 is 10.2 Å². The second-order valence-electron chi connectivity index (χ2n) is 6.15. The fraction of sp³-hybridized carbons (Fsp3) is 1.00. The van der Waals surface area contributed by atoms with Gasteiger partial charge in [0.25, 0.3) is 0 Å². The highest BCUT2D eigenvalue weighted by atomic mass is 16.3. The van der Waals surface area contributed by atoms with Crippen molar-refractivity contribution in [3.63, 3.8) is 0 Å². The van der Waals surface area contributed by atoms with Gasteiger partial charge in [-0.2, -0.15) is 0 Å². The maximum absolute atomic E-state index is 11.0. The number of nitrogens with one attached hydrogen (secondary N) is 1. The smallest absolute Gasteiger partial charge is 0.0877 e. The van der Waals surface area contributed by atoms with Gasteiger partial charge in [-0.15, -0.1) is 0 Å². The van der Waals surface area contributed by atoms with E-state index in [1.165, 1.54) is 12.8 Å². The maximum Gasteiger partial charge on any atom is 0.0877 e. The molecule has 0 aromatic carbocycles. The minimum atomic E-state index is -0.642. The Hall–Kier alpha value is -0.120. The van der Waals surface area contributed by atoms with Crippen molar-refractivity contribution in [2.24, 2.45) is 11.3 Å². The predicted molar refractivity (Wildman–Crippen MR) is 62.1 cm³/mol. The van der Waals surface area contributed by atoms with E-state index < -0.39 is 5.60 Å². The first-order valence-electron chi connectivity index (χ1n) is 6.77. The van der Waals surface area contributed by atoms with Gasteiger partial charge < -0.3 is 15.5 Å². The molecule has 1 saturated heterocycles. The number of piperidine rings is 1. The highest BCUT2D eigenvalue weighted by Gasteiger charge is 2.59. The summed E-state index contributed by atoms with van der Waals surface area (Å²) in [6.45, 7) is 1.20. The predicted octanol–water partition coefficient (Wildman–Crippen LogP) is 1.04. The summed E-state index contributed by atoms with van der Waals surface area (Å²) in [5.74, 6) is 0.808. The van der Waals surface area contributed by atoms with Crippen molar-refractivity contribution in [3.8, 4) is 0 Å². The van der Waals surface area contributed by atoms with Crippen molar-refractivity contribution in [3.05, 3.63) is 0 Å². The number of fused-ring (bicyclic) bond motifs is 2. The third kappa shape index (κ3) is 1.31. The largest absolute Gasteiger partial charge is 0.396 e. The van der Waals surface area contributed by atoms with Crippen molar-refractivity contribution in [1.82, 2.24) is 5.32 Å². The molecule has 1 heterocycles. The molecule has 3 unspecified atom stereocenters. The van der Waals surface area contributed by atoms with Gasteiger partial charge >= 0.3 is 0 Å². The normalized spacial score (nSPS) is 46.1. The molecule has 2 saturated carbocycles. The average Bonchev–Trinajstić information content (AvgIpc) is 2.24. The summed E-state index contributed by atoms with van der Waals surface area (Å²) in [4.78, 5) is 0. The van der Waals surface area contributed by atoms with Gasteiger partial charge in [0.05, 0.1) is 12.2 Å². The molecule has 3 aliphatic rings. The van der Waals surface area contributed by atoms with Crippen LogP contribution < -0.4 is 5.32 Å². The molecule has 16 heavy (non-hydrogen) atoms. The second kappa shape index (κ2) is 3.69. The topological polar surface area (TPSA) is 52.5 Å². The Labute approximate surface area is 97.2 Å². The molecule has 2 aliphatic carbocycles. The van der Waals surface area contributed by atoms with Gasteiger partial charge in [0, 0.05) is 11.5 Å². The van der Waals surface area contributed by atoms with Crippen LogP contribution in [0.25, 0.3) is 0 Å². The molecule has 0 aromatic rings. The zero-order chi connectivity index (χ0) is 11.2. The van der Waals surface area contributed by atoms with Crippen LogP contribution in [0.1, 0.15) is 44.9 Å². The lowest BCUT2D eigenvalue weighted by molar-refractivity contribution is -0.192. The Balaban J connectivity index is 1.85. The number of rotatable bonds is 2. The summed E-state index contributed by atoms with van der Waals surface area (Å²) in [6, 6.07) is 0.229. The SMILES string of the molecule is OCC1(C2(O)CCC3CCNC2C3)CCC1. The Bertz CT molecular complexity index is 272. The highest BCUT2D eigenvalue weighted by molar-refractivity contribution is 5.12. The lowest BCUT2D eigenvalue weighted by Crippen LogP contribution is -2.68. The summed E-state index contributed by atoms with van der Waals surface area (Å²) in [6.07, 6.45) is 7.58. The monoisotopic (exact) mass is 225 g/mol. The molecule has 2 bridgehead atoms. The lowest BCUT2D eigenvalue weighted by Gasteiger charge is -2.59. The van der Waals surface area contributed by atoms with Crippen molar-refractivity contribution in [2.45, 2.75) is 56.6 Å². The van der Waals surface area contributed by atoms with Crippen LogP contribution >= 0.6 is 0 Å². The van der Waals surface area contributed by atoms with E-state index >= 15 is 0 Å². The van der Waals surface area contributed by atoms with Crippen LogP contribution in [0, 0.1) is 11.3 Å². The third-order valence-corrected chi connectivity index (χ3v) is 5.55. The van der Waals surface area contributed by atoms with E-state index in [9.17, 15) is 10.2 Å². The highest BCUT2D eigenvalue weighted by Crippen LogP contribution is 2.55. The molecule has 92 valence electrons. The fourth-order valence-corrected chi connectivity index (χ4v) is 4.19. The Morgan fingerprint density at radius 2 is 2.00 bits per heavy atom. The molecule has 1 aliphatic heterocycles. The standard InChI is InChI=1S/C13H23NO2/c15-9-12(4-1-5-12)13(16)6-2-10-3-7-14-11(13)8-10/h10-11,14-16H,1-9H2. The van der Waals surface area contributed by atoms with Crippen LogP contribution in [0.2, 0.25) is 0 Å². The zero-order valence-electron chi connectivity index (χ0n) is 9.91. The van der Waals surface area contributed by atoms with E-state index in [-0.39, 0.29) is 18.1 Å². The molecule has 3 rings (SSSR count). The molecule has 3 fully saturated rings. The molecule has 3 N–H and O–H groups in total. The van der Waals surface area contributed by atoms with Crippen LogP contribution in [0.5, 0.6) is 0 Å². The van der Waals surface area contributed by atoms with E-state index in [2.05, 4.69) is 5.32 Å². The van der Waals surface area contributed by atoms with Crippen molar-refractivity contribution >= 4 is 0 Å². The molecule has 0 radical (unpaired) electrons. The summed E-state index contributed by atoms with van der Waals surface area (Å²) in [5, 5.41) is 24.2. The molecule has 3 atom stereocenters. The Kier molecular flexibility index (Phi) is 2.54. The van der Waals surface area contributed by atoms with Gasteiger partial charge in [0.1, 0.15) is 0 Å². The van der Waals surface area contributed by atoms with Crippen molar-refractivity contribution in [1.29, 1.82) is 0 Å². The van der Waals surface area contributed by atoms with Crippen LogP contribution in [-0.2, 0) is 0 Å². The molecule has 3 heteroatoms. The van der Waals surface area contributed by atoms with E-state index in [1.807, 2.05) is 0 Å². The molecule has 3 nitrogen and oxygen atoms in total. The molecule has 0 amide bonds. The van der Waals surface area contributed by atoms with Crippen LogP contribution in [0.3, 0.4) is 0 Å². The molecular weight excluding hydrogens is 202 g/mol. The Morgan fingerprint density at radius 3 is 2.62 bits per heavy atom. The molecular formula is C13H23NO2. The van der Waals surface area contributed by atoms with Crippen LogP contribution in [-0.4, -0.2) is 35.0 Å². The third-order valence-electron chi connectivity index (χ3n) is 5.55. The van der Waals surface area contributed by atoms with E-state index in [4.69, 9.17) is 0 Å². The number of hydrogen-bond acceptors (Lipinski definition) is 3. The fourth-order valence-electron chi connectivity index (χ4n) is 4.19. The number of aliphatic hydroxyl groups excluding tert-OH is 1. The van der Waals surface area contributed by atoms with E-state index in [1.54, 1.807) is 0 Å². The van der Waals surface area contributed by atoms with Gasteiger partial charge in [0.2, 0.25) is 0 Å². The Morgan fingerprint density at radius 1 is 1.19 bits per heavy atom. The van der Waals surface area contributed by atoms with Gasteiger partial charge in [-0.3, -0.25) is 0 Å². The minimum Gasteiger partial charge on any atom is -0.396 e. The van der Waals surface area contributed by atoms with Gasteiger partial charge in [-0.25, -0.2) is 0 Å². The first-order valence-corrected chi connectivity index (χ1v) is 6.77. The van der Waals surface area contributed by atoms with Crippen molar-refractivity contribution in [2.75, 3.05) is 13.2 Å². The van der Waals surface area contributed by atoms with Gasteiger partial charge in [-0.1, -0.05) is 6.42 Å². The maximum atomic E-state index is 11.0. The lowest BCUT2D eigenvalue weighted by atomic mass is 9.52. The quantitative estimate of drug-likeness (QED) is 0.658. The molecule has 0 aromatic heterocycles. The summed E-state index contributed by atoms with van der Waals surface area (Å²) < 4.78 is 0.